The molecular weight excluding hydrogens is 434 g/mol. The number of amides is 1. The number of benzene rings is 1. The summed E-state index contributed by atoms with van der Waals surface area (Å²) >= 11 is 0. The summed E-state index contributed by atoms with van der Waals surface area (Å²) in [6, 6.07) is 10.4. The van der Waals surface area contributed by atoms with Crippen molar-refractivity contribution in [1.82, 2.24) is 15.0 Å². The van der Waals surface area contributed by atoms with Gasteiger partial charge in [-0.3, -0.25) is 4.79 Å². The van der Waals surface area contributed by atoms with Gasteiger partial charge in [0.15, 0.2) is 5.82 Å². The second kappa shape index (κ2) is 8.40. The fourth-order valence-electron chi connectivity index (χ4n) is 4.95. The zero-order chi connectivity index (χ0) is 24.1. The molecule has 2 aromatic rings. The second-order valence-electron chi connectivity index (χ2n) is 11.1. The van der Waals surface area contributed by atoms with Gasteiger partial charge in [-0.25, -0.2) is 4.79 Å². The van der Waals surface area contributed by atoms with Gasteiger partial charge in [0.05, 0.1) is 18.4 Å². The molecule has 0 N–H and O–H groups in total. The van der Waals surface area contributed by atoms with Crippen molar-refractivity contribution in [3.05, 3.63) is 47.6 Å². The Balaban J connectivity index is 1.30. The van der Waals surface area contributed by atoms with E-state index >= 15 is 0 Å². The lowest BCUT2D eigenvalue weighted by Gasteiger charge is -2.30. The van der Waals surface area contributed by atoms with Gasteiger partial charge in [-0.2, -0.15) is 4.98 Å². The van der Waals surface area contributed by atoms with E-state index in [4.69, 9.17) is 19.0 Å². The van der Waals surface area contributed by atoms with Crippen molar-refractivity contribution in [3.63, 3.8) is 0 Å². The molecule has 3 aliphatic carbocycles. The number of nitrogens with zero attached hydrogens (tertiary/aromatic N) is 3. The first-order chi connectivity index (χ1) is 16.2. The summed E-state index contributed by atoms with van der Waals surface area (Å²) in [5, 5.41) is 4.31. The van der Waals surface area contributed by atoms with Crippen LogP contribution < -0.4 is 0 Å². The van der Waals surface area contributed by atoms with E-state index in [0.29, 0.717) is 37.0 Å². The zero-order valence-corrected chi connectivity index (χ0v) is 20.3. The van der Waals surface area contributed by atoms with Crippen LogP contribution in [0.4, 0.5) is 4.79 Å². The average Bonchev–Trinajstić information content (AvgIpc) is 3.67. The first-order valence-electron chi connectivity index (χ1n) is 12.2. The zero-order valence-electron chi connectivity index (χ0n) is 20.3. The van der Waals surface area contributed by atoms with Gasteiger partial charge >= 0.3 is 12.1 Å². The largest absolute Gasteiger partial charge is 0.469 e. The Bertz CT molecular complexity index is 1050. The number of rotatable bonds is 7. The number of carbonyl (C=O) groups is 2. The van der Waals surface area contributed by atoms with E-state index in [-0.39, 0.29) is 35.4 Å². The maximum absolute atomic E-state index is 13.2. The summed E-state index contributed by atoms with van der Waals surface area (Å²) < 4.78 is 16.2. The van der Waals surface area contributed by atoms with Gasteiger partial charge in [-0.05, 0) is 58.4 Å². The van der Waals surface area contributed by atoms with Crippen molar-refractivity contribution in [2.24, 2.45) is 5.92 Å². The molecule has 8 heteroatoms. The molecule has 2 atom stereocenters. The summed E-state index contributed by atoms with van der Waals surface area (Å²) in [6.45, 7) is 6.19. The van der Waals surface area contributed by atoms with Crippen LogP contribution in [0.2, 0.25) is 0 Å². The molecular formula is C26H33N3O5. The van der Waals surface area contributed by atoms with Crippen LogP contribution in [0.3, 0.4) is 0 Å². The molecule has 1 amide bonds. The third-order valence-electron chi connectivity index (χ3n) is 7.28. The highest BCUT2D eigenvalue weighted by molar-refractivity contribution is 5.73. The fourth-order valence-corrected chi connectivity index (χ4v) is 4.95. The standard InChI is InChI=1S/C26H33N3O5/c1-25(2,3)33-24(31)29(20-14-19(20)16-8-6-5-7-9-16)15-26(10-11-26)23-27-21(34-28-23)17-12-18(13-17)22(30)32-4/h5-9,17-20H,10-15H2,1-4H3/t17?,18?,19?,20-/m0/s1. The minimum absolute atomic E-state index is 0.0901. The molecule has 1 heterocycles. The van der Waals surface area contributed by atoms with Crippen molar-refractivity contribution < 1.29 is 23.6 Å². The van der Waals surface area contributed by atoms with Gasteiger partial charge in [0.2, 0.25) is 5.89 Å². The SMILES string of the molecule is COC(=O)C1CC(c2nc(C3(CN(C(=O)OC(C)(C)C)[C@H]4CC4c4ccccc4)CC3)no2)C1. The maximum Gasteiger partial charge on any atom is 0.410 e. The first-order valence-corrected chi connectivity index (χ1v) is 12.2. The van der Waals surface area contributed by atoms with E-state index in [0.717, 1.165) is 19.3 Å². The second-order valence-corrected chi connectivity index (χ2v) is 11.1. The molecule has 3 saturated carbocycles. The van der Waals surface area contributed by atoms with Crippen molar-refractivity contribution in [3.8, 4) is 0 Å². The predicted octanol–water partition coefficient (Wildman–Crippen LogP) is 4.56. The number of hydrogen-bond donors (Lipinski definition) is 0. The number of carbonyl (C=O) groups excluding carboxylic acids is 2. The third kappa shape index (κ3) is 4.55. The number of aromatic nitrogens is 2. The summed E-state index contributed by atoms with van der Waals surface area (Å²) in [5.41, 5.74) is 0.384. The van der Waals surface area contributed by atoms with Crippen molar-refractivity contribution >= 4 is 12.1 Å². The smallest absolute Gasteiger partial charge is 0.410 e. The molecule has 5 rings (SSSR count). The fraction of sp³-hybridized carbons (Fsp3) is 0.615. The molecule has 8 nitrogen and oxygen atoms in total. The normalized spacial score (nSPS) is 26.8. The van der Waals surface area contributed by atoms with Crippen LogP contribution in [-0.2, 0) is 19.7 Å². The Labute approximate surface area is 200 Å². The Kier molecular flexibility index (Phi) is 5.65. The molecule has 1 unspecified atom stereocenters. The van der Waals surface area contributed by atoms with Crippen molar-refractivity contribution in [1.29, 1.82) is 0 Å². The summed E-state index contributed by atoms with van der Waals surface area (Å²) in [4.78, 5) is 31.5. The molecule has 182 valence electrons. The van der Waals surface area contributed by atoms with Gasteiger partial charge in [-0.15, -0.1) is 0 Å². The topological polar surface area (TPSA) is 94.8 Å². The first kappa shape index (κ1) is 22.9. The molecule has 0 aliphatic heterocycles. The van der Waals surface area contributed by atoms with Crippen LogP contribution in [0, 0.1) is 5.92 Å². The third-order valence-corrected chi connectivity index (χ3v) is 7.28. The summed E-state index contributed by atoms with van der Waals surface area (Å²) in [5.74, 6) is 1.38. The van der Waals surface area contributed by atoms with Crippen LogP contribution in [0.15, 0.2) is 34.9 Å². The van der Waals surface area contributed by atoms with Crippen LogP contribution in [0.1, 0.15) is 82.0 Å². The number of hydrogen-bond acceptors (Lipinski definition) is 7. The molecule has 0 spiro atoms. The van der Waals surface area contributed by atoms with E-state index < -0.39 is 5.60 Å². The lowest BCUT2D eigenvalue weighted by molar-refractivity contribution is -0.149. The van der Waals surface area contributed by atoms with Crippen LogP contribution in [-0.4, -0.2) is 52.4 Å². The van der Waals surface area contributed by atoms with E-state index in [1.807, 2.05) is 43.9 Å². The molecule has 1 aromatic carbocycles. The Morgan fingerprint density at radius 3 is 2.47 bits per heavy atom. The monoisotopic (exact) mass is 467 g/mol. The number of ether oxygens (including phenoxy) is 2. The Hall–Kier alpha value is -2.90. The quantitative estimate of drug-likeness (QED) is 0.551. The molecule has 0 bridgehead atoms. The van der Waals surface area contributed by atoms with E-state index in [1.54, 1.807) is 0 Å². The van der Waals surface area contributed by atoms with Gasteiger partial charge < -0.3 is 18.9 Å². The minimum Gasteiger partial charge on any atom is -0.469 e. The lowest BCUT2D eigenvalue weighted by Crippen LogP contribution is -2.43. The number of methoxy groups -OCH3 is 1. The lowest BCUT2D eigenvalue weighted by atomic mass is 9.75. The molecule has 34 heavy (non-hydrogen) atoms. The highest BCUT2D eigenvalue weighted by atomic mass is 16.6. The van der Waals surface area contributed by atoms with Gasteiger partial charge in [0.1, 0.15) is 5.60 Å². The molecule has 0 saturated heterocycles. The van der Waals surface area contributed by atoms with Gasteiger partial charge in [0.25, 0.3) is 0 Å². The van der Waals surface area contributed by atoms with Gasteiger partial charge in [0, 0.05) is 24.4 Å². The summed E-state index contributed by atoms with van der Waals surface area (Å²) in [6.07, 6.45) is 3.80. The molecule has 3 aliphatic rings. The minimum atomic E-state index is -0.567. The number of esters is 1. The van der Waals surface area contributed by atoms with E-state index in [2.05, 4.69) is 17.3 Å². The van der Waals surface area contributed by atoms with E-state index in [9.17, 15) is 9.59 Å². The molecule has 3 fully saturated rings. The molecule has 0 radical (unpaired) electrons. The van der Waals surface area contributed by atoms with Crippen LogP contribution in [0.25, 0.3) is 0 Å². The highest BCUT2D eigenvalue weighted by Crippen LogP contribution is 2.52. The van der Waals surface area contributed by atoms with Crippen molar-refractivity contribution in [2.45, 2.75) is 81.8 Å². The Morgan fingerprint density at radius 1 is 1.15 bits per heavy atom. The summed E-state index contributed by atoms with van der Waals surface area (Å²) in [7, 11) is 1.41. The highest BCUT2D eigenvalue weighted by Gasteiger charge is 2.55. The van der Waals surface area contributed by atoms with Crippen LogP contribution >= 0.6 is 0 Å². The molecule has 1 aromatic heterocycles. The maximum atomic E-state index is 13.2. The Morgan fingerprint density at radius 2 is 1.85 bits per heavy atom. The van der Waals surface area contributed by atoms with Crippen LogP contribution in [0.5, 0.6) is 0 Å². The van der Waals surface area contributed by atoms with Gasteiger partial charge in [-0.1, -0.05) is 35.5 Å². The average molecular weight is 468 g/mol. The van der Waals surface area contributed by atoms with Crippen molar-refractivity contribution in [2.75, 3.05) is 13.7 Å². The van der Waals surface area contributed by atoms with E-state index in [1.165, 1.54) is 12.7 Å². The predicted molar refractivity (Wildman–Crippen MR) is 123 cm³/mol.